The molecule has 0 fully saturated rings. The van der Waals surface area contributed by atoms with E-state index in [2.05, 4.69) is 5.32 Å². The van der Waals surface area contributed by atoms with E-state index in [4.69, 9.17) is 14.2 Å². The summed E-state index contributed by atoms with van der Waals surface area (Å²) in [5, 5.41) is 2.83. The fraction of sp³-hybridized carbons (Fsp3) is 0.0690. The average molecular weight is 495 g/mol. The fourth-order valence-electron chi connectivity index (χ4n) is 4.14. The molecule has 0 radical (unpaired) electrons. The number of carbonyl (C=O) groups is 3. The monoisotopic (exact) mass is 494 g/mol. The number of anilines is 2. The first-order valence-corrected chi connectivity index (χ1v) is 11.4. The van der Waals surface area contributed by atoms with Crippen molar-refractivity contribution in [2.75, 3.05) is 24.4 Å². The van der Waals surface area contributed by atoms with E-state index < -0.39 is 11.8 Å². The van der Waals surface area contributed by atoms with Gasteiger partial charge in [0.1, 0.15) is 28.6 Å². The molecule has 1 aliphatic rings. The molecule has 0 atom stereocenters. The minimum atomic E-state index is -0.414. The number of nitrogens with one attached hydrogen (secondary N) is 1. The summed E-state index contributed by atoms with van der Waals surface area (Å²) >= 11 is 0. The highest BCUT2D eigenvalue weighted by molar-refractivity contribution is 6.34. The summed E-state index contributed by atoms with van der Waals surface area (Å²) in [5.74, 6) is 0.371. The van der Waals surface area contributed by atoms with Crippen molar-refractivity contribution in [3.05, 3.63) is 108 Å². The Morgan fingerprint density at radius 3 is 2.05 bits per heavy atom. The van der Waals surface area contributed by atoms with E-state index >= 15 is 0 Å². The third-order valence-corrected chi connectivity index (χ3v) is 5.85. The van der Waals surface area contributed by atoms with Crippen LogP contribution in [0.5, 0.6) is 23.0 Å². The smallest absolute Gasteiger partial charge is 0.266 e. The Kier molecular flexibility index (Phi) is 6.30. The summed E-state index contributed by atoms with van der Waals surface area (Å²) in [7, 11) is 2.96. The maximum absolute atomic E-state index is 13.0. The zero-order valence-corrected chi connectivity index (χ0v) is 20.1. The lowest BCUT2D eigenvalue weighted by Crippen LogP contribution is -2.29. The van der Waals surface area contributed by atoms with E-state index in [1.54, 1.807) is 84.9 Å². The van der Waals surface area contributed by atoms with Gasteiger partial charge in [0.25, 0.3) is 17.7 Å². The van der Waals surface area contributed by atoms with Crippen molar-refractivity contribution in [3.8, 4) is 23.0 Å². The van der Waals surface area contributed by atoms with Gasteiger partial charge in [-0.1, -0.05) is 30.3 Å². The summed E-state index contributed by atoms with van der Waals surface area (Å²) in [5.41, 5.74) is 1.83. The summed E-state index contributed by atoms with van der Waals surface area (Å²) in [4.78, 5) is 40.0. The number of carbonyl (C=O) groups excluding carboxylic acids is 3. The highest BCUT2D eigenvalue weighted by atomic mass is 16.5. The topological polar surface area (TPSA) is 94.2 Å². The molecule has 0 spiro atoms. The SMILES string of the molecule is COc1cccc(OC)c1C(=O)Nc1cccc(Oc2ccc3c(c2)C(=O)N(c2ccccc2)C3=O)c1. The van der Waals surface area contributed by atoms with Gasteiger partial charge in [-0.2, -0.15) is 0 Å². The van der Waals surface area contributed by atoms with E-state index in [0.29, 0.717) is 39.9 Å². The van der Waals surface area contributed by atoms with Crippen molar-refractivity contribution in [2.24, 2.45) is 0 Å². The number of nitrogens with zero attached hydrogens (tertiary/aromatic N) is 1. The van der Waals surface area contributed by atoms with Gasteiger partial charge in [0.15, 0.2) is 0 Å². The second-order valence-corrected chi connectivity index (χ2v) is 8.11. The van der Waals surface area contributed by atoms with Crippen LogP contribution in [-0.4, -0.2) is 31.9 Å². The number of hydrogen-bond donors (Lipinski definition) is 1. The van der Waals surface area contributed by atoms with Gasteiger partial charge >= 0.3 is 0 Å². The molecule has 1 N–H and O–H groups in total. The Balaban J connectivity index is 1.36. The Morgan fingerprint density at radius 1 is 0.703 bits per heavy atom. The van der Waals surface area contributed by atoms with Crippen molar-refractivity contribution < 1.29 is 28.6 Å². The van der Waals surface area contributed by atoms with Crippen LogP contribution < -0.4 is 24.4 Å². The van der Waals surface area contributed by atoms with Gasteiger partial charge in [0.2, 0.25) is 0 Å². The van der Waals surface area contributed by atoms with Crippen molar-refractivity contribution >= 4 is 29.1 Å². The molecule has 4 aromatic rings. The molecule has 184 valence electrons. The summed E-state index contributed by atoms with van der Waals surface area (Å²) in [6, 6.07) is 25.4. The van der Waals surface area contributed by atoms with E-state index in [1.807, 2.05) is 6.07 Å². The van der Waals surface area contributed by atoms with Gasteiger partial charge in [-0.3, -0.25) is 14.4 Å². The Bertz CT molecular complexity index is 1490. The standard InChI is InChI=1S/C29H22N2O6/c1-35-24-12-7-13-25(36-2)26(24)27(32)30-18-8-6-11-20(16-18)37-21-14-15-22-23(17-21)29(34)31(28(22)33)19-9-4-3-5-10-19/h3-17H,1-2H3,(H,30,32). The number of amides is 3. The first-order chi connectivity index (χ1) is 18.0. The lowest BCUT2D eigenvalue weighted by molar-refractivity contribution is 0.0924. The molecule has 0 unspecified atom stereocenters. The lowest BCUT2D eigenvalue weighted by Gasteiger charge is -2.14. The van der Waals surface area contributed by atoms with E-state index in [0.717, 1.165) is 4.90 Å². The zero-order chi connectivity index (χ0) is 25.9. The van der Waals surface area contributed by atoms with Crippen molar-refractivity contribution in [1.82, 2.24) is 0 Å². The number of para-hydroxylation sites is 1. The Labute approximate surface area is 213 Å². The third kappa shape index (κ3) is 4.48. The minimum absolute atomic E-state index is 0.263. The summed E-state index contributed by atoms with van der Waals surface area (Å²) < 4.78 is 16.6. The van der Waals surface area contributed by atoms with Crippen LogP contribution in [0.25, 0.3) is 0 Å². The molecule has 0 saturated carbocycles. The van der Waals surface area contributed by atoms with Crippen LogP contribution in [0.15, 0.2) is 91.0 Å². The van der Waals surface area contributed by atoms with Gasteiger partial charge in [0.05, 0.1) is 31.0 Å². The molecule has 1 heterocycles. The number of rotatable bonds is 7. The van der Waals surface area contributed by atoms with E-state index in [9.17, 15) is 14.4 Å². The number of hydrogen-bond acceptors (Lipinski definition) is 6. The average Bonchev–Trinajstić information content (AvgIpc) is 3.17. The Morgan fingerprint density at radius 2 is 1.35 bits per heavy atom. The maximum atomic E-state index is 13.0. The first-order valence-electron chi connectivity index (χ1n) is 11.4. The van der Waals surface area contributed by atoms with Crippen LogP contribution in [0.4, 0.5) is 11.4 Å². The molecular weight excluding hydrogens is 472 g/mol. The highest BCUT2D eigenvalue weighted by Crippen LogP contribution is 2.33. The normalized spacial score (nSPS) is 12.2. The predicted octanol–water partition coefficient (Wildman–Crippen LogP) is 5.55. The van der Waals surface area contributed by atoms with E-state index in [1.165, 1.54) is 14.2 Å². The zero-order valence-electron chi connectivity index (χ0n) is 20.1. The van der Waals surface area contributed by atoms with Crippen molar-refractivity contribution in [1.29, 1.82) is 0 Å². The second-order valence-electron chi connectivity index (χ2n) is 8.11. The number of imide groups is 1. The highest BCUT2D eigenvalue weighted by Gasteiger charge is 2.36. The molecule has 3 amide bonds. The fourth-order valence-corrected chi connectivity index (χ4v) is 4.14. The molecule has 37 heavy (non-hydrogen) atoms. The first kappa shape index (κ1) is 23.6. The van der Waals surface area contributed by atoms with Gasteiger partial charge in [-0.25, -0.2) is 4.90 Å². The molecule has 8 heteroatoms. The number of benzene rings is 4. The van der Waals surface area contributed by atoms with Crippen LogP contribution >= 0.6 is 0 Å². The Hall–Kier alpha value is -5.11. The van der Waals surface area contributed by atoms with Crippen LogP contribution in [0, 0.1) is 0 Å². The second kappa shape index (κ2) is 9.87. The lowest BCUT2D eigenvalue weighted by atomic mass is 10.1. The summed E-state index contributed by atoms with van der Waals surface area (Å²) in [6.45, 7) is 0. The van der Waals surface area contributed by atoms with Crippen LogP contribution in [0.3, 0.4) is 0 Å². The number of ether oxygens (including phenoxy) is 3. The maximum Gasteiger partial charge on any atom is 0.266 e. The molecule has 4 aromatic carbocycles. The van der Waals surface area contributed by atoms with Crippen molar-refractivity contribution in [3.63, 3.8) is 0 Å². The molecule has 0 bridgehead atoms. The molecule has 0 aliphatic carbocycles. The van der Waals surface area contributed by atoms with Crippen LogP contribution in [0.1, 0.15) is 31.1 Å². The number of fused-ring (bicyclic) bond motifs is 1. The van der Waals surface area contributed by atoms with Gasteiger partial charge in [0, 0.05) is 11.8 Å². The minimum Gasteiger partial charge on any atom is -0.496 e. The van der Waals surface area contributed by atoms with Crippen molar-refractivity contribution in [2.45, 2.75) is 0 Å². The number of methoxy groups -OCH3 is 2. The molecular formula is C29H22N2O6. The van der Waals surface area contributed by atoms with Gasteiger partial charge in [-0.15, -0.1) is 0 Å². The predicted molar refractivity (Wildman–Crippen MR) is 138 cm³/mol. The molecule has 8 nitrogen and oxygen atoms in total. The third-order valence-electron chi connectivity index (χ3n) is 5.85. The van der Waals surface area contributed by atoms with E-state index in [-0.39, 0.29) is 17.0 Å². The van der Waals surface area contributed by atoms with Gasteiger partial charge in [-0.05, 0) is 54.6 Å². The van der Waals surface area contributed by atoms with Crippen LogP contribution in [-0.2, 0) is 0 Å². The molecule has 5 rings (SSSR count). The molecule has 1 aliphatic heterocycles. The molecule has 0 aromatic heterocycles. The molecule has 0 saturated heterocycles. The quantitative estimate of drug-likeness (QED) is 0.339. The summed E-state index contributed by atoms with van der Waals surface area (Å²) in [6.07, 6.45) is 0. The largest absolute Gasteiger partial charge is 0.496 e. The van der Waals surface area contributed by atoms with Crippen LogP contribution in [0.2, 0.25) is 0 Å². The van der Waals surface area contributed by atoms with Gasteiger partial charge < -0.3 is 19.5 Å².